The molecule has 29 heavy (non-hydrogen) atoms. The van der Waals surface area contributed by atoms with Gasteiger partial charge in [0, 0.05) is 12.0 Å². The lowest BCUT2D eigenvalue weighted by atomic mass is 10.1. The van der Waals surface area contributed by atoms with Crippen molar-refractivity contribution in [2.45, 2.75) is 26.7 Å². The highest BCUT2D eigenvalue weighted by Gasteiger charge is 2.18. The number of carbonyl (C=O) groups is 1. The third kappa shape index (κ3) is 4.58. The molecule has 2 aromatic heterocycles. The molecule has 5 nitrogen and oxygen atoms in total. The average Bonchev–Trinajstić information content (AvgIpc) is 3.35. The number of hydrogen-bond donors (Lipinski definition) is 1. The van der Waals surface area contributed by atoms with Crippen molar-refractivity contribution in [3.63, 3.8) is 0 Å². The highest BCUT2D eigenvalue weighted by atomic mass is 32.1. The van der Waals surface area contributed by atoms with E-state index in [4.69, 9.17) is 0 Å². The minimum Gasteiger partial charge on any atom is -0.296 e. The minimum atomic E-state index is -0.196. The van der Waals surface area contributed by atoms with Crippen molar-refractivity contribution >= 4 is 33.7 Å². The molecule has 2 aromatic carbocycles. The van der Waals surface area contributed by atoms with Crippen molar-refractivity contribution in [3.8, 4) is 10.6 Å². The first-order chi connectivity index (χ1) is 14.1. The topological polar surface area (TPSA) is 67.8 Å². The second-order valence-corrected chi connectivity index (χ2v) is 8.66. The summed E-state index contributed by atoms with van der Waals surface area (Å²) in [6.07, 6.45) is 1.70. The van der Waals surface area contributed by atoms with Gasteiger partial charge < -0.3 is 0 Å². The third-order valence-electron chi connectivity index (χ3n) is 4.50. The summed E-state index contributed by atoms with van der Waals surface area (Å²) < 4.78 is 0. The molecule has 4 rings (SSSR count). The van der Waals surface area contributed by atoms with Gasteiger partial charge in [-0.15, -0.1) is 21.5 Å². The van der Waals surface area contributed by atoms with Crippen molar-refractivity contribution in [1.82, 2.24) is 15.2 Å². The molecule has 0 aliphatic rings. The van der Waals surface area contributed by atoms with Gasteiger partial charge in [0.25, 0.3) is 5.91 Å². The molecule has 1 amide bonds. The van der Waals surface area contributed by atoms with E-state index in [1.54, 1.807) is 0 Å². The fourth-order valence-corrected chi connectivity index (χ4v) is 4.65. The standard InChI is InChI=1S/C22H20N4OS2/c1-3-15-9-11-17(12-10-15)21-23-14(2)19(29-21)20(27)24-22-26-25-18(28-22)13-16-7-5-4-6-8-16/h4-12H,3,13H2,1-2H3,(H,24,26,27). The number of anilines is 1. The average molecular weight is 421 g/mol. The van der Waals surface area contributed by atoms with Crippen LogP contribution in [0.4, 0.5) is 5.13 Å². The molecule has 1 N–H and O–H groups in total. The lowest BCUT2D eigenvalue weighted by molar-refractivity contribution is 0.102. The number of amides is 1. The Hall–Kier alpha value is -2.90. The van der Waals surface area contributed by atoms with Crippen LogP contribution in [-0.4, -0.2) is 21.1 Å². The summed E-state index contributed by atoms with van der Waals surface area (Å²) in [6.45, 7) is 3.99. The van der Waals surface area contributed by atoms with E-state index in [1.807, 2.05) is 25.1 Å². The maximum absolute atomic E-state index is 12.7. The van der Waals surface area contributed by atoms with Crippen LogP contribution in [0, 0.1) is 6.92 Å². The molecule has 0 aliphatic heterocycles. The van der Waals surface area contributed by atoms with Crippen molar-refractivity contribution in [3.05, 3.63) is 81.3 Å². The number of nitrogens with zero attached hydrogens (tertiary/aromatic N) is 3. The number of benzene rings is 2. The molecule has 146 valence electrons. The van der Waals surface area contributed by atoms with E-state index in [2.05, 4.69) is 63.8 Å². The van der Waals surface area contributed by atoms with Crippen LogP contribution in [0.1, 0.15) is 38.4 Å². The van der Waals surface area contributed by atoms with Crippen molar-refractivity contribution in [2.75, 3.05) is 5.32 Å². The smallest absolute Gasteiger partial charge is 0.269 e. The third-order valence-corrected chi connectivity index (χ3v) is 6.54. The summed E-state index contributed by atoms with van der Waals surface area (Å²) in [5.41, 5.74) is 4.19. The van der Waals surface area contributed by atoms with Gasteiger partial charge in [0.15, 0.2) is 0 Å². The maximum Gasteiger partial charge on any atom is 0.269 e. The molecule has 7 heteroatoms. The first kappa shape index (κ1) is 19.4. The first-order valence-electron chi connectivity index (χ1n) is 9.36. The molecule has 0 radical (unpaired) electrons. The van der Waals surface area contributed by atoms with E-state index in [-0.39, 0.29) is 5.91 Å². The zero-order chi connectivity index (χ0) is 20.2. The van der Waals surface area contributed by atoms with E-state index in [1.165, 1.54) is 33.8 Å². The molecular weight excluding hydrogens is 400 g/mol. The second kappa shape index (κ2) is 8.63. The molecule has 2 heterocycles. The van der Waals surface area contributed by atoms with Gasteiger partial charge in [0.2, 0.25) is 5.13 Å². The van der Waals surface area contributed by atoms with Crippen LogP contribution < -0.4 is 5.32 Å². The van der Waals surface area contributed by atoms with Crippen LogP contribution in [0.2, 0.25) is 0 Å². The van der Waals surface area contributed by atoms with Crippen LogP contribution in [0.3, 0.4) is 0 Å². The molecule has 0 bridgehead atoms. The maximum atomic E-state index is 12.7. The van der Waals surface area contributed by atoms with E-state index >= 15 is 0 Å². The predicted molar refractivity (Wildman–Crippen MR) is 119 cm³/mol. The minimum absolute atomic E-state index is 0.196. The van der Waals surface area contributed by atoms with Crippen molar-refractivity contribution in [1.29, 1.82) is 0 Å². The number of hydrogen-bond acceptors (Lipinski definition) is 6. The molecule has 0 atom stereocenters. The SMILES string of the molecule is CCc1ccc(-c2nc(C)c(C(=O)Nc3nnc(Cc4ccccc4)s3)s2)cc1. The Balaban J connectivity index is 1.47. The van der Waals surface area contributed by atoms with Gasteiger partial charge in [-0.2, -0.15) is 0 Å². The van der Waals surface area contributed by atoms with Gasteiger partial charge >= 0.3 is 0 Å². The Kier molecular flexibility index (Phi) is 5.78. The van der Waals surface area contributed by atoms with Crippen LogP contribution in [0.25, 0.3) is 10.6 Å². The van der Waals surface area contributed by atoms with Crippen molar-refractivity contribution < 1.29 is 4.79 Å². The largest absolute Gasteiger partial charge is 0.296 e. The van der Waals surface area contributed by atoms with Crippen LogP contribution in [0.15, 0.2) is 54.6 Å². The summed E-state index contributed by atoms with van der Waals surface area (Å²) in [7, 11) is 0. The Morgan fingerprint density at radius 3 is 2.45 bits per heavy atom. The quantitative estimate of drug-likeness (QED) is 0.455. The Labute approximate surface area is 177 Å². The fourth-order valence-electron chi connectivity index (χ4n) is 2.91. The second-order valence-electron chi connectivity index (χ2n) is 6.60. The molecule has 4 aromatic rings. The molecule has 0 spiro atoms. The van der Waals surface area contributed by atoms with Gasteiger partial charge in [-0.1, -0.05) is 72.9 Å². The Morgan fingerprint density at radius 2 is 1.72 bits per heavy atom. The van der Waals surface area contributed by atoms with Crippen LogP contribution >= 0.6 is 22.7 Å². The number of thiazole rings is 1. The van der Waals surface area contributed by atoms with Crippen LogP contribution in [0.5, 0.6) is 0 Å². The molecule has 0 fully saturated rings. The van der Waals surface area contributed by atoms with Crippen LogP contribution in [-0.2, 0) is 12.8 Å². The molecular formula is C22H20N4OS2. The molecule has 0 saturated heterocycles. The van der Waals surface area contributed by atoms with E-state index in [0.29, 0.717) is 16.4 Å². The monoisotopic (exact) mass is 420 g/mol. The Bertz CT molecular complexity index is 1120. The van der Waals surface area contributed by atoms with Gasteiger partial charge in [-0.25, -0.2) is 4.98 Å². The summed E-state index contributed by atoms with van der Waals surface area (Å²) in [6, 6.07) is 18.4. The number of nitrogens with one attached hydrogen (secondary N) is 1. The highest BCUT2D eigenvalue weighted by molar-refractivity contribution is 7.17. The summed E-state index contributed by atoms with van der Waals surface area (Å²) >= 11 is 2.79. The van der Waals surface area contributed by atoms with E-state index in [0.717, 1.165) is 27.7 Å². The summed E-state index contributed by atoms with van der Waals surface area (Å²) in [5.74, 6) is -0.196. The lowest BCUT2D eigenvalue weighted by Gasteiger charge is -1.99. The van der Waals surface area contributed by atoms with Gasteiger partial charge in [-0.3, -0.25) is 10.1 Å². The van der Waals surface area contributed by atoms with E-state index in [9.17, 15) is 4.79 Å². The summed E-state index contributed by atoms with van der Waals surface area (Å²) in [4.78, 5) is 17.9. The normalized spacial score (nSPS) is 10.8. The van der Waals surface area contributed by atoms with Crippen molar-refractivity contribution in [2.24, 2.45) is 0 Å². The zero-order valence-corrected chi connectivity index (χ0v) is 17.8. The van der Waals surface area contributed by atoms with Gasteiger partial charge in [-0.05, 0) is 24.5 Å². The Morgan fingerprint density at radius 1 is 0.966 bits per heavy atom. The number of rotatable bonds is 6. The predicted octanol–water partition coefficient (Wildman–Crippen LogP) is 5.38. The first-order valence-corrected chi connectivity index (χ1v) is 11.0. The number of aryl methyl sites for hydroxylation is 2. The lowest BCUT2D eigenvalue weighted by Crippen LogP contribution is -2.11. The summed E-state index contributed by atoms with van der Waals surface area (Å²) in [5, 5.41) is 13.4. The highest BCUT2D eigenvalue weighted by Crippen LogP contribution is 2.29. The number of aromatic nitrogens is 3. The number of carbonyl (C=O) groups excluding carboxylic acids is 1. The molecule has 0 aliphatic carbocycles. The molecule has 0 unspecified atom stereocenters. The zero-order valence-electron chi connectivity index (χ0n) is 16.2. The van der Waals surface area contributed by atoms with Gasteiger partial charge in [0.05, 0.1) is 5.69 Å². The molecule has 0 saturated carbocycles. The fraction of sp³-hybridized carbons (Fsp3) is 0.182. The van der Waals surface area contributed by atoms with E-state index < -0.39 is 0 Å². The van der Waals surface area contributed by atoms with Gasteiger partial charge in [0.1, 0.15) is 14.9 Å².